The summed E-state index contributed by atoms with van der Waals surface area (Å²) >= 11 is 0. The van der Waals surface area contributed by atoms with Crippen molar-refractivity contribution < 1.29 is 23.5 Å². The van der Waals surface area contributed by atoms with Gasteiger partial charge >= 0.3 is 6.09 Å². The molecule has 0 radical (unpaired) electrons. The van der Waals surface area contributed by atoms with Gasteiger partial charge in [0.25, 0.3) is 0 Å². The molecule has 4 aliphatic rings. The molecule has 0 bridgehead atoms. The largest absolute Gasteiger partial charge is 0.442 e. The highest BCUT2D eigenvalue weighted by Crippen LogP contribution is 2.62. The second kappa shape index (κ2) is 6.99. The molecule has 1 N–H and O–H groups in total. The number of fused-ring (bicyclic) bond motifs is 4. The van der Waals surface area contributed by atoms with Gasteiger partial charge in [-0.25, -0.2) is 9.18 Å². The average Bonchev–Trinajstić information content (AvgIpc) is 3.19. The Morgan fingerprint density at radius 2 is 2.15 bits per heavy atom. The molecule has 2 aromatic rings. The zero-order valence-corrected chi connectivity index (χ0v) is 17.9. The summed E-state index contributed by atoms with van der Waals surface area (Å²) in [7, 11) is 0. The Hall–Kier alpha value is -3.51. The van der Waals surface area contributed by atoms with Gasteiger partial charge in [0.2, 0.25) is 5.91 Å². The van der Waals surface area contributed by atoms with Gasteiger partial charge in [0.15, 0.2) is 0 Å². The summed E-state index contributed by atoms with van der Waals surface area (Å²) in [6, 6.07) is 8.86. The number of rotatable bonds is 4. The molecule has 4 heterocycles. The maximum Gasteiger partial charge on any atom is 0.415 e. The quantitative estimate of drug-likeness (QED) is 0.770. The molecule has 8 nitrogen and oxygen atoms in total. The minimum absolute atomic E-state index is 0.177. The van der Waals surface area contributed by atoms with Gasteiger partial charge in [-0.3, -0.25) is 14.7 Å². The molecule has 0 unspecified atom stereocenters. The molecule has 33 heavy (non-hydrogen) atoms. The maximum absolute atomic E-state index is 15.1. The Kier molecular flexibility index (Phi) is 4.26. The van der Waals surface area contributed by atoms with Crippen LogP contribution in [0.25, 0.3) is 11.1 Å². The fourth-order valence-electron chi connectivity index (χ4n) is 5.69. The van der Waals surface area contributed by atoms with Crippen LogP contribution in [-0.4, -0.2) is 48.9 Å². The molecule has 1 aromatic heterocycles. The molecule has 3 aliphatic heterocycles. The summed E-state index contributed by atoms with van der Waals surface area (Å²) in [6.07, 6.45) is 1.08. The van der Waals surface area contributed by atoms with Crippen LogP contribution < -0.4 is 10.2 Å². The highest BCUT2D eigenvalue weighted by atomic mass is 19.1. The van der Waals surface area contributed by atoms with E-state index in [1.807, 2.05) is 6.07 Å². The zero-order valence-electron chi connectivity index (χ0n) is 17.9. The van der Waals surface area contributed by atoms with E-state index in [9.17, 15) is 14.9 Å². The van der Waals surface area contributed by atoms with E-state index < -0.39 is 23.4 Å². The number of amides is 2. The van der Waals surface area contributed by atoms with Gasteiger partial charge in [-0.15, -0.1) is 0 Å². The molecular formula is C24H21FN4O4. The third-order valence-electron chi connectivity index (χ3n) is 7.44. The summed E-state index contributed by atoms with van der Waals surface area (Å²) in [5.41, 5.74) is 2.45. The predicted molar refractivity (Wildman–Crippen MR) is 114 cm³/mol. The van der Waals surface area contributed by atoms with Crippen LogP contribution in [0, 0.1) is 29.0 Å². The zero-order chi connectivity index (χ0) is 22.9. The molecular weight excluding hydrogens is 427 g/mol. The monoisotopic (exact) mass is 448 g/mol. The number of halogens is 1. The van der Waals surface area contributed by atoms with Crippen LogP contribution >= 0.6 is 0 Å². The summed E-state index contributed by atoms with van der Waals surface area (Å²) in [5, 5.41) is 12.5. The lowest BCUT2D eigenvalue weighted by molar-refractivity contribution is -0.119. The first-order chi connectivity index (χ1) is 15.9. The van der Waals surface area contributed by atoms with Crippen LogP contribution in [0.1, 0.15) is 18.2 Å². The van der Waals surface area contributed by atoms with Crippen molar-refractivity contribution in [3.63, 3.8) is 0 Å². The highest BCUT2D eigenvalue weighted by Gasteiger charge is 2.70. The first-order valence-corrected chi connectivity index (χ1v) is 11.0. The second-order valence-corrected chi connectivity index (χ2v) is 9.12. The normalized spacial score (nSPS) is 30.8. The summed E-state index contributed by atoms with van der Waals surface area (Å²) in [4.78, 5) is 29.7. The fraction of sp³-hybridized carbons (Fsp3) is 0.417. The first kappa shape index (κ1) is 20.1. The van der Waals surface area contributed by atoms with Gasteiger partial charge < -0.3 is 14.8 Å². The smallest absolute Gasteiger partial charge is 0.415 e. The Bertz CT molecular complexity index is 1210. The summed E-state index contributed by atoms with van der Waals surface area (Å²) in [5.74, 6) is -0.314. The van der Waals surface area contributed by atoms with E-state index in [2.05, 4.69) is 16.4 Å². The Balaban J connectivity index is 1.28. The number of pyridine rings is 1. The molecule has 3 fully saturated rings. The number of benzene rings is 1. The van der Waals surface area contributed by atoms with Crippen molar-refractivity contribution in [1.82, 2.24) is 10.3 Å². The van der Waals surface area contributed by atoms with E-state index in [-0.39, 0.29) is 30.3 Å². The second-order valence-electron chi connectivity index (χ2n) is 9.12. The lowest BCUT2D eigenvalue weighted by Crippen LogP contribution is -2.40. The van der Waals surface area contributed by atoms with E-state index in [1.54, 1.807) is 18.3 Å². The molecule has 1 saturated carbocycles. The van der Waals surface area contributed by atoms with Gasteiger partial charge in [0.1, 0.15) is 17.3 Å². The number of hydrogen-bond donors (Lipinski definition) is 1. The number of anilines is 1. The molecule has 6 rings (SSSR count). The van der Waals surface area contributed by atoms with Crippen molar-refractivity contribution in [3.8, 4) is 17.2 Å². The lowest BCUT2D eigenvalue weighted by atomic mass is 9.95. The molecule has 1 aromatic carbocycles. The number of nitrogens with zero attached hydrogens (tertiary/aromatic N) is 3. The van der Waals surface area contributed by atoms with Gasteiger partial charge in [-0.2, -0.15) is 5.26 Å². The van der Waals surface area contributed by atoms with Gasteiger partial charge in [-0.1, -0.05) is 6.07 Å². The number of nitrogens with one attached hydrogen (secondary N) is 1. The average molecular weight is 448 g/mol. The predicted octanol–water partition coefficient (Wildman–Crippen LogP) is 2.31. The molecule has 2 saturated heterocycles. The van der Waals surface area contributed by atoms with Gasteiger partial charge in [0.05, 0.1) is 43.3 Å². The van der Waals surface area contributed by atoms with Crippen molar-refractivity contribution in [2.24, 2.45) is 11.8 Å². The number of hydrogen-bond acceptors (Lipinski definition) is 6. The van der Waals surface area contributed by atoms with E-state index in [0.29, 0.717) is 42.1 Å². The van der Waals surface area contributed by atoms with Crippen LogP contribution in [0.15, 0.2) is 30.5 Å². The highest BCUT2D eigenvalue weighted by molar-refractivity contribution is 5.94. The first-order valence-electron chi connectivity index (χ1n) is 11.0. The van der Waals surface area contributed by atoms with Crippen LogP contribution in [0.3, 0.4) is 0 Å². The number of nitriles is 1. The molecule has 1 aliphatic carbocycles. The van der Waals surface area contributed by atoms with Crippen molar-refractivity contribution in [1.29, 1.82) is 5.26 Å². The summed E-state index contributed by atoms with van der Waals surface area (Å²) in [6.45, 7) is 2.76. The minimum atomic E-state index is -0.596. The van der Waals surface area contributed by atoms with Crippen LogP contribution in [-0.2, 0) is 26.1 Å². The Morgan fingerprint density at radius 3 is 2.82 bits per heavy atom. The number of carbonyl (C=O) groups excluding carboxylic acids is 2. The van der Waals surface area contributed by atoms with E-state index in [1.165, 1.54) is 17.9 Å². The SMILES string of the molecule is CC(=O)NC[C@@H]1OC(=O)N2c3cc(F)c(-c4ccc([C@@]5(C#N)[C@@H]6COC[C@@H]65)nc4)cc3C[C@@H]12. The Morgan fingerprint density at radius 1 is 1.36 bits per heavy atom. The van der Waals surface area contributed by atoms with Gasteiger partial charge in [-0.05, 0) is 30.2 Å². The molecule has 0 spiro atoms. The van der Waals surface area contributed by atoms with Crippen LogP contribution in [0.4, 0.5) is 14.9 Å². The van der Waals surface area contributed by atoms with Crippen LogP contribution in [0.5, 0.6) is 0 Å². The molecule has 9 heteroatoms. The maximum atomic E-state index is 15.1. The van der Waals surface area contributed by atoms with Crippen molar-refractivity contribution in [2.45, 2.75) is 30.9 Å². The fourth-order valence-corrected chi connectivity index (χ4v) is 5.69. The number of aromatic nitrogens is 1. The van der Waals surface area contributed by atoms with Gasteiger partial charge in [0, 0.05) is 36.1 Å². The minimum Gasteiger partial charge on any atom is -0.442 e. The number of carbonyl (C=O) groups is 2. The molecule has 2 amide bonds. The molecule has 168 valence electrons. The Labute approximate surface area is 189 Å². The van der Waals surface area contributed by atoms with Crippen molar-refractivity contribution >= 4 is 17.7 Å². The van der Waals surface area contributed by atoms with Crippen molar-refractivity contribution in [3.05, 3.63) is 47.5 Å². The number of cyclic esters (lactones) is 1. The third kappa shape index (κ3) is 2.80. The van der Waals surface area contributed by atoms with E-state index >= 15 is 4.39 Å². The lowest BCUT2D eigenvalue weighted by Gasteiger charge is -2.16. The summed E-state index contributed by atoms with van der Waals surface area (Å²) < 4.78 is 25.9. The third-order valence-corrected chi connectivity index (χ3v) is 7.44. The topological polar surface area (TPSA) is 105 Å². The van der Waals surface area contributed by atoms with Crippen LogP contribution in [0.2, 0.25) is 0 Å². The standard InChI is InChI=1S/C24H21FN4O4/c1-12(30)27-8-21-20-5-14-4-15(18(25)6-19(14)29(20)23(31)33-21)13-2-3-22(28-7-13)24(11-26)16-9-32-10-17(16)24/h2-4,6-7,16-17,20-21H,5,8-10H2,1H3,(H,27,30)/t16-,17+,20-,21-,24+/m0/s1. The van der Waals surface area contributed by atoms with E-state index in [4.69, 9.17) is 9.47 Å². The number of ether oxygens (including phenoxy) is 2. The van der Waals surface area contributed by atoms with E-state index in [0.717, 1.165) is 5.56 Å². The molecule has 5 atom stereocenters. The van der Waals surface area contributed by atoms with Crippen molar-refractivity contribution in [2.75, 3.05) is 24.7 Å².